The molecule has 0 saturated carbocycles. The van der Waals surface area contributed by atoms with Crippen molar-refractivity contribution < 1.29 is 9.59 Å². The second kappa shape index (κ2) is 116. The normalized spacial score (nSPS) is 8.48. The van der Waals surface area contributed by atoms with E-state index in [4.69, 9.17) is 22.4 Å². The number of carbonyl (C=O) groups excluding carboxylic acids is 2. The molecule has 0 aliphatic heterocycles. The molecular weight excluding hydrogens is 3400 g/mol. The highest BCUT2D eigenvalue weighted by Crippen LogP contribution is 2.31. The summed E-state index contributed by atoms with van der Waals surface area (Å²) in [6.07, 6.45) is 0.742. The summed E-state index contributed by atoms with van der Waals surface area (Å²) in [5, 5.41) is 3.74. The molecule has 0 saturated heterocycles. The Morgan fingerprint density at radius 1 is 0.265 bits per heavy atom. The van der Waals surface area contributed by atoms with Gasteiger partial charge in [0.1, 0.15) is 5.52 Å². The Hall–Kier alpha value is 19.8. The van der Waals surface area contributed by atoms with E-state index in [1.165, 1.54) is 17.8 Å². The number of nitrogens with one attached hydrogen (secondary N) is 1. The molecule has 2 aromatic rings. The average molecular weight is 3420 g/mol. The fourth-order valence-corrected chi connectivity index (χ4v) is 262. The number of benzene rings is 1. The van der Waals surface area contributed by atoms with Crippen molar-refractivity contribution in [3.63, 3.8) is 0 Å². The van der Waals surface area contributed by atoms with Crippen molar-refractivity contribution in [1.29, 1.82) is 0 Å². The molecule has 103 heteroatoms. The zero-order valence-electron chi connectivity index (χ0n) is 51.4. The van der Waals surface area contributed by atoms with E-state index < -0.39 is 5.41 Å². The van der Waals surface area contributed by atoms with E-state index in [9.17, 15) is 9.59 Å². The van der Waals surface area contributed by atoms with Crippen LogP contribution in [0.4, 0.5) is 5.69 Å². The molecule has 0 aliphatic rings. The number of hydrogen-bond donors (Lipinski definition) is 1. The minimum atomic E-state index is -0.520. The largest absolute Gasteiger partial charge is 0.323 e. The molecule has 688 valence electrons. The van der Waals surface area contributed by atoms with Crippen molar-refractivity contribution >= 4 is 914 Å². The first kappa shape index (κ1) is 135. The first-order chi connectivity index (χ1) is 57.7. The van der Waals surface area contributed by atoms with Crippen LogP contribution in [-0.2, 0) is 880 Å². The highest BCUT2D eigenvalue weighted by Gasteiger charge is 2.23. The molecule has 1 aromatic heterocycles. The maximum absolute atomic E-state index is 12.1. The lowest BCUT2D eigenvalue weighted by atomic mass is 9.95. The molecule has 1 aromatic carbocycles. The van der Waals surface area contributed by atoms with Crippen LogP contribution in [0.5, 0.6) is 0 Å². The van der Waals surface area contributed by atoms with E-state index in [1.54, 1.807) is 124 Å². The van der Waals surface area contributed by atoms with Gasteiger partial charge in [0.2, 0.25) is 5.91 Å². The van der Waals surface area contributed by atoms with Gasteiger partial charge in [0, 0.05) is 886 Å². The lowest BCUT2D eigenvalue weighted by Gasteiger charge is -2.18. The Morgan fingerprint density at radius 2 is 0.402 bits per heavy atom. The van der Waals surface area contributed by atoms with Crippen LogP contribution < -0.4 is 5.32 Å². The van der Waals surface area contributed by atoms with Gasteiger partial charge in [-0.2, -0.15) is 0 Å². The molecule has 1 N–H and O–H groups in total. The monoisotopic (exact) mass is 3410 g/mol. The third kappa shape index (κ3) is 106. The van der Waals surface area contributed by atoms with E-state index in [0.29, 0.717) is 16.8 Å². The number of fused-ring (bicyclic) bond motifs is 1. The second-order valence-corrected chi connectivity index (χ2v) is 183. The quantitative estimate of drug-likeness (QED) is 0.470. The van der Waals surface area contributed by atoms with Gasteiger partial charge < -0.3 is 5.32 Å². The van der Waals surface area contributed by atoms with E-state index in [0.717, 1.165) is 16.0 Å². The van der Waals surface area contributed by atoms with Crippen LogP contribution in [0.3, 0.4) is 0 Å². The van der Waals surface area contributed by atoms with Gasteiger partial charge in [-0.05, 0) is 19.1 Å². The van der Waals surface area contributed by atoms with E-state index in [1.807, 2.05) is 762 Å². The maximum atomic E-state index is 12.1. The first-order valence-corrected chi connectivity index (χ1v) is 152. The minimum absolute atomic E-state index is 0.131. The summed E-state index contributed by atoms with van der Waals surface area (Å²) in [6, 6.07) is 3.57. The van der Waals surface area contributed by atoms with E-state index in [2.05, 4.69) is 10.3 Å². The standard InChI is InChI=1S/C14H16N2O2S.S98/c1-8-15-12-10(19-8)6-5-9(7-17)11(12)16-13(18)14(2,3)4;1-3-5-7-9-11-13-15-17-19-21-23-25-27-29-31-33-35-37-39-41-43-45-47-49-51-53-55-57-59-61-63-65-67-69-71-73-75-77-79-81-83-85-87-89-91-93-95-97-98-96-94-92-90-88-86-84-82-80-78-76-74-72-70-68-66-64-62-60-58-56-54-52-50-48-46-44-42-40-38-36-34-32-30-28-26-24-22-20-18-16-14-12-10-8-6-4-2/h5-7H,1-4H3,(H,16,18);. The number of rotatable bonds is 2. The summed E-state index contributed by atoms with van der Waals surface area (Å²) >= 11 is 11.2. The van der Waals surface area contributed by atoms with E-state index in [-0.39, 0.29) is 5.91 Å². The summed E-state index contributed by atoms with van der Waals surface area (Å²) in [5.41, 5.74) is 1.13. The summed E-state index contributed by atoms with van der Waals surface area (Å²) in [6.45, 7) is 7.39. The van der Waals surface area contributed by atoms with Gasteiger partial charge >= 0.3 is 0 Å². The highest BCUT2D eigenvalue weighted by molar-refractivity contribution is 8.87. The van der Waals surface area contributed by atoms with Gasteiger partial charge in [-0.15, -0.1) is 11.3 Å². The summed E-state index contributed by atoms with van der Waals surface area (Å²) in [4.78, 5) is 27.6. The molecule has 4 nitrogen and oxygen atoms in total. The minimum Gasteiger partial charge on any atom is -0.323 e. The number of carbonyl (C=O) groups is 2. The van der Waals surface area contributed by atoms with Gasteiger partial charge in [0.25, 0.3) is 0 Å². The maximum Gasteiger partial charge on any atom is 0.229 e. The van der Waals surface area contributed by atoms with Crippen LogP contribution in [-0.4, -0.2) is 17.2 Å². The van der Waals surface area contributed by atoms with Crippen molar-refractivity contribution in [2.75, 3.05) is 5.32 Å². The zero-order chi connectivity index (χ0) is 84.1. The Kier molecular flexibility index (Phi) is 134. The molecule has 117 heavy (non-hydrogen) atoms. The number of hydrogen-bond acceptors (Lipinski definition) is 6. The number of amides is 1. The van der Waals surface area contributed by atoms with Crippen molar-refractivity contribution in [2.45, 2.75) is 27.7 Å². The highest BCUT2D eigenvalue weighted by atomic mass is 33.6. The fraction of sp³-hybridized carbons (Fsp3) is 0.357. The zero-order valence-corrected chi connectivity index (χ0v) is 132. The van der Waals surface area contributed by atoms with Crippen LogP contribution in [0.2, 0.25) is 0 Å². The lowest BCUT2D eigenvalue weighted by molar-refractivity contribution is -0.123. The smallest absolute Gasteiger partial charge is 0.229 e. The van der Waals surface area contributed by atoms with Gasteiger partial charge in [-0.3, -0.25) is 9.59 Å². The van der Waals surface area contributed by atoms with Crippen molar-refractivity contribution in [1.82, 2.24) is 4.98 Å². The van der Waals surface area contributed by atoms with Crippen molar-refractivity contribution in [3.05, 3.63) is 22.7 Å². The number of aromatic nitrogens is 1. The van der Waals surface area contributed by atoms with Crippen molar-refractivity contribution in [2.24, 2.45) is 5.41 Å². The molecule has 0 unspecified atom stereocenters. The molecule has 0 aliphatic carbocycles. The number of aldehydes is 1. The Bertz CT molecular complexity index is 8570. The van der Waals surface area contributed by atoms with E-state index >= 15 is 0 Å². The molecule has 0 radical (unpaired) electrons. The van der Waals surface area contributed by atoms with Crippen LogP contribution in [0.15, 0.2) is 12.1 Å². The predicted molar refractivity (Wildman–Crippen MR) is 800 cm³/mol. The topological polar surface area (TPSA) is 59.1 Å². The van der Waals surface area contributed by atoms with Crippen LogP contribution >= 0.6 is 11.3 Å². The number of nitrogens with zero attached hydrogens (tertiary/aromatic N) is 1. The van der Waals surface area contributed by atoms with Gasteiger partial charge in [-0.1, -0.05) is 20.8 Å². The second-order valence-electron chi connectivity index (χ2n) is 12.0. The molecule has 0 atom stereocenters. The summed E-state index contributed by atoms with van der Waals surface area (Å²) in [7, 11) is 174. The molecule has 0 fully saturated rings. The number of anilines is 1. The molecule has 1 heterocycles. The predicted octanol–water partition coefficient (Wildman–Crippen LogP) is 3.17. The molecule has 2 rings (SSSR count). The Balaban J connectivity index is 0.00000311. The summed E-state index contributed by atoms with van der Waals surface area (Å²) < 4.78 is 0.965. The molecule has 1 amide bonds. The Morgan fingerprint density at radius 3 is 0.521 bits per heavy atom. The third-order valence-corrected chi connectivity index (χ3v) is 217. The summed E-state index contributed by atoms with van der Waals surface area (Å²) in [5.74, 6) is -0.131. The lowest BCUT2D eigenvalue weighted by Crippen LogP contribution is -2.28. The van der Waals surface area contributed by atoms with Gasteiger partial charge in [0.05, 0.1) is 15.4 Å². The molecule has 0 spiro atoms. The van der Waals surface area contributed by atoms with Crippen LogP contribution in [0.1, 0.15) is 36.1 Å². The fourth-order valence-electron chi connectivity index (χ4n) is 2.72. The van der Waals surface area contributed by atoms with Crippen LogP contribution in [0.25, 0.3) is 10.2 Å². The van der Waals surface area contributed by atoms with Crippen molar-refractivity contribution in [3.8, 4) is 0 Å². The SMILES string of the molecule is Cc1nc2c(NC(=O)C(C)(C)C)c(C=O)ccc2s1.S=S=S=S=S=S=S=S=S=S=S=S=S=S=S=S=S=S=S=S=S=S=S=S=S=S=S=S=S=S=S=S=S=S=S=S=S=S=S=S=S=S=S=S=S=S=S=S=S=S=S=S=S=S=S=S=S=S=S=S=S=S=S=S=S=S=S=S=S=S=S=S=S=S=S=S=S=S=S=S=S=S=S=S=S=S=S=S=S=S=S=S=S=S=S=S=S=S. The average Bonchev–Trinajstić information content (AvgIpc) is 1.68. The third-order valence-electron chi connectivity index (χ3n) is 5.39. The molecular formula is C14H16N2O2S99. The first-order valence-electron chi connectivity index (χ1n) is 22.2. The Labute approximate surface area is 961 Å². The van der Waals surface area contributed by atoms with Gasteiger partial charge in [-0.25, -0.2) is 4.98 Å². The molecule has 0 bridgehead atoms. The van der Waals surface area contributed by atoms with Crippen LogP contribution in [0, 0.1) is 12.3 Å². The van der Waals surface area contributed by atoms with Gasteiger partial charge in [0.15, 0.2) is 6.29 Å². The number of thiazole rings is 1. The number of aryl methyl sites for hydroxylation is 1.